The average molecular weight is 380 g/mol. The molecule has 2 aromatic heterocycles. The predicted molar refractivity (Wildman–Crippen MR) is 104 cm³/mol. The number of benzene rings is 2. The molecule has 4 rings (SSSR count). The number of hydrogen-bond acceptors (Lipinski definition) is 8. The second kappa shape index (κ2) is 6.89. The van der Waals surface area contributed by atoms with Gasteiger partial charge in [0.25, 0.3) is 5.69 Å². The van der Waals surface area contributed by atoms with Crippen LogP contribution in [0.4, 0.5) is 16.5 Å². The number of hydrogen-bond donors (Lipinski definition) is 2. The molecule has 27 heavy (non-hydrogen) atoms. The molecule has 4 aromatic rings. The van der Waals surface area contributed by atoms with Gasteiger partial charge in [-0.05, 0) is 24.3 Å². The van der Waals surface area contributed by atoms with E-state index in [2.05, 4.69) is 15.8 Å². The second-order valence-corrected chi connectivity index (χ2v) is 6.44. The van der Waals surface area contributed by atoms with Crippen molar-refractivity contribution in [3.05, 3.63) is 80.5 Å². The first-order chi connectivity index (χ1) is 13.1. The standard InChI is InChI=1S/C18H12N4O4S/c23-17-14(9-11-8-13(22(24)25)6-7-16(11)26-17)15-10-27-18(19-15)21-20-12-4-2-1-3-5-12/h1-10,20H,(H,19,21). The summed E-state index contributed by atoms with van der Waals surface area (Å²) in [4.78, 5) is 27.1. The zero-order valence-corrected chi connectivity index (χ0v) is 14.5. The Bertz CT molecular complexity index is 1190. The molecule has 0 aliphatic heterocycles. The number of nitrogens with zero attached hydrogens (tertiary/aromatic N) is 2. The number of non-ortho nitro benzene ring substituents is 1. The van der Waals surface area contributed by atoms with Crippen molar-refractivity contribution in [3.8, 4) is 11.3 Å². The highest BCUT2D eigenvalue weighted by molar-refractivity contribution is 7.14. The quantitative estimate of drug-likeness (QED) is 0.302. The number of rotatable bonds is 5. The van der Waals surface area contributed by atoms with Crippen LogP contribution < -0.4 is 16.5 Å². The van der Waals surface area contributed by atoms with Gasteiger partial charge in [-0.15, -0.1) is 11.3 Å². The first kappa shape index (κ1) is 16.7. The summed E-state index contributed by atoms with van der Waals surface area (Å²) in [6.45, 7) is 0. The largest absolute Gasteiger partial charge is 0.422 e. The van der Waals surface area contributed by atoms with Crippen LogP contribution in [0.25, 0.3) is 22.2 Å². The monoisotopic (exact) mass is 380 g/mol. The summed E-state index contributed by atoms with van der Waals surface area (Å²) in [5.74, 6) is 0. The molecule has 134 valence electrons. The van der Waals surface area contributed by atoms with Gasteiger partial charge in [-0.3, -0.25) is 21.0 Å². The Kier molecular flexibility index (Phi) is 4.27. The molecule has 2 N–H and O–H groups in total. The van der Waals surface area contributed by atoms with Crippen LogP contribution >= 0.6 is 11.3 Å². The molecule has 0 saturated heterocycles. The van der Waals surface area contributed by atoms with E-state index in [1.54, 1.807) is 11.4 Å². The topological polar surface area (TPSA) is 110 Å². The normalized spacial score (nSPS) is 10.7. The molecule has 0 aliphatic carbocycles. The van der Waals surface area contributed by atoms with Crippen molar-refractivity contribution in [2.75, 3.05) is 10.9 Å². The van der Waals surface area contributed by atoms with Gasteiger partial charge < -0.3 is 4.42 Å². The van der Waals surface area contributed by atoms with E-state index in [1.165, 1.54) is 29.5 Å². The van der Waals surface area contributed by atoms with Crippen molar-refractivity contribution < 1.29 is 9.34 Å². The summed E-state index contributed by atoms with van der Waals surface area (Å²) >= 11 is 1.31. The molecule has 0 unspecified atom stereocenters. The van der Waals surface area contributed by atoms with Crippen LogP contribution in [-0.2, 0) is 0 Å². The number of para-hydroxylation sites is 1. The van der Waals surface area contributed by atoms with Crippen molar-refractivity contribution in [1.82, 2.24) is 4.98 Å². The minimum Gasteiger partial charge on any atom is -0.422 e. The smallest absolute Gasteiger partial charge is 0.345 e. The minimum absolute atomic E-state index is 0.0741. The van der Waals surface area contributed by atoms with Gasteiger partial charge >= 0.3 is 5.63 Å². The molecular formula is C18H12N4O4S. The summed E-state index contributed by atoms with van der Waals surface area (Å²) in [5.41, 5.74) is 7.18. The number of fused-ring (bicyclic) bond motifs is 1. The molecule has 2 heterocycles. The van der Waals surface area contributed by atoms with E-state index in [4.69, 9.17) is 4.42 Å². The first-order valence-corrected chi connectivity index (χ1v) is 8.73. The van der Waals surface area contributed by atoms with Gasteiger partial charge in [0.05, 0.1) is 21.9 Å². The van der Waals surface area contributed by atoms with E-state index in [0.717, 1.165) is 5.69 Å². The molecule has 0 spiro atoms. The molecule has 0 bridgehead atoms. The van der Waals surface area contributed by atoms with Crippen LogP contribution in [0.2, 0.25) is 0 Å². The van der Waals surface area contributed by atoms with Crippen LogP contribution in [0.5, 0.6) is 0 Å². The van der Waals surface area contributed by atoms with Crippen molar-refractivity contribution in [2.24, 2.45) is 0 Å². The lowest BCUT2D eigenvalue weighted by atomic mass is 10.1. The van der Waals surface area contributed by atoms with Crippen LogP contribution in [0.1, 0.15) is 0 Å². The third-order valence-corrected chi connectivity index (χ3v) is 4.55. The second-order valence-electron chi connectivity index (χ2n) is 5.58. The van der Waals surface area contributed by atoms with Crippen molar-refractivity contribution in [2.45, 2.75) is 0 Å². The lowest BCUT2D eigenvalue weighted by molar-refractivity contribution is -0.384. The van der Waals surface area contributed by atoms with Gasteiger partial charge in [0.1, 0.15) is 5.58 Å². The fourth-order valence-corrected chi connectivity index (χ4v) is 3.17. The third kappa shape index (κ3) is 3.48. The minimum atomic E-state index is -0.552. The molecule has 0 amide bonds. The number of nitro benzene ring substituents is 1. The summed E-state index contributed by atoms with van der Waals surface area (Å²) < 4.78 is 5.27. The first-order valence-electron chi connectivity index (χ1n) is 7.85. The molecule has 0 fully saturated rings. The molecular weight excluding hydrogens is 368 g/mol. The third-order valence-electron chi connectivity index (χ3n) is 3.79. The number of anilines is 2. The van der Waals surface area contributed by atoms with Crippen LogP contribution in [-0.4, -0.2) is 9.91 Å². The van der Waals surface area contributed by atoms with Crippen LogP contribution in [0.3, 0.4) is 0 Å². The number of aromatic nitrogens is 1. The van der Waals surface area contributed by atoms with Crippen molar-refractivity contribution in [1.29, 1.82) is 0 Å². The molecule has 9 heteroatoms. The summed E-state index contributed by atoms with van der Waals surface area (Å²) in [7, 11) is 0. The van der Waals surface area contributed by atoms with Crippen LogP contribution in [0, 0.1) is 10.1 Å². The van der Waals surface area contributed by atoms with E-state index in [0.29, 0.717) is 16.2 Å². The van der Waals surface area contributed by atoms with E-state index < -0.39 is 10.5 Å². The molecule has 0 radical (unpaired) electrons. The number of nitro groups is 1. The number of nitrogens with one attached hydrogen (secondary N) is 2. The Hall–Kier alpha value is -3.72. The maximum absolute atomic E-state index is 12.3. The van der Waals surface area contributed by atoms with Gasteiger partial charge in [0.15, 0.2) is 0 Å². The fourth-order valence-electron chi connectivity index (χ4n) is 2.50. The molecule has 0 atom stereocenters. The maximum Gasteiger partial charge on any atom is 0.345 e. The average Bonchev–Trinajstić information content (AvgIpc) is 3.15. The highest BCUT2D eigenvalue weighted by Crippen LogP contribution is 2.27. The Balaban J connectivity index is 1.63. The summed E-state index contributed by atoms with van der Waals surface area (Å²) in [6.07, 6.45) is 0. The highest BCUT2D eigenvalue weighted by Gasteiger charge is 2.14. The molecule has 2 aromatic carbocycles. The van der Waals surface area contributed by atoms with Gasteiger partial charge in [0, 0.05) is 22.9 Å². The van der Waals surface area contributed by atoms with E-state index in [1.807, 2.05) is 30.3 Å². The zero-order chi connectivity index (χ0) is 18.8. The van der Waals surface area contributed by atoms with E-state index in [-0.39, 0.29) is 16.8 Å². The zero-order valence-electron chi connectivity index (χ0n) is 13.7. The molecule has 8 nitrogen and oxygen atoms in total. The van der Waals surface area contributed by atoms with E-state index >= 15 is 0 Å². The Morgan fingerprint density at radius 2 is 1.89 bits per heavy atom. The lowest BCUT2D eigenvalue weighted by Gasteiger charge is -2.05. The fraction of sp³-hybridized carbons (Fsp3) is 0. The summed E-state index contributed by atoms with van der Waals surface area (Å²) in [6, 6.07) is 15.1. The van der Waals surface area contributed by atoms with Crippen molar-refractivity contribution in [3.63, 3.8) is 0 Å². The maximum atomic E-state index is 12.3. The Morgan fingerprint density at radius 1 is 1.07 bits per heavy atom. The van der Waals surface area contributed by atoms with Crippen LogP contribution in [0.15, 0.2) is 69.2 Å². The van der Waals surface area contributed by atoms with Crippen molar-refractivity contribution >= 4 is 38.8 Å². The van der Waals surface area contributed by atoms with E-state index in [9.17, 15) is 14.9 Å². The summed E-state index contributed by atoms with van der Waals surface area (Å²) in [5, 5.41) is 13.7. The SMILES string of the molecule is O=c1oc2ccc([N+](=O)[O-])cc2cc1-c1csc(NNc2ccccc2)n1. The number of hydrazine groups is 1. The predicted octanol–water partition coefficient (Wildman–Crippen LogP) is 4.26. The van der Waals surface area contributed by atoms with Gasteiger partial charge in [0.2, 0.25) is 5.13 Å². The molecule has 0 saturated carbocycles. The Morgan fingerprint density at radius 3 is 2.67 bits per heavy atom. The molecule has 0 aliphatic rings. The Labute approximate surface area is 156 Å². The van der Waals surface area contributed by atoms with Gasteiger partial charge in [-0.1, -0.05) is 18.2 Å². The highest BCUT2D eigenvalue weighted by atomic mass is 32.1. The number of thiazole rings is 1. The van der Waals surface area contributed by atoms with Gasteiger partial charge in [-0.25, -0.2) is 9.78 Å². The van der Waals surface area contributed by atoms with Gasteiger partial charge in [-0.2, -0.15) is 0 Å². The lowest BCUT2D eigenvalue weighted by Crippen LogP contribution is -2.08.